The van der Waals surface area contributed by atoms with Crippen LogP contribution in [0.5, 0.6) is 0 Å². The average Bonchev–Trinajstić information content (AvgIpc) is 4.23. The molecule has 39 heteroatoms. The number of nitrogens with zero attached hydrogens (tertiary/aromatic N) is 6. The summed E-state index contributed by atoms with van der Waals surface area (Å²) in [5.41, 5.74) is 6.35. The molecule has 0 saturated carbocycles. The largest absolute Gasteiger partial charge is 0 e. The molecule has 0 aliphatic carbocycles. The number of aldehydes is 1. The third-order valence-electron chi connectivity index (χ3n) is 8.28. The molecule has 0 aromatic carbocycles. The first-order valence-electron chi connectivity index (χ1n) is 23.0. The molecule has 0 spiro atoms. The molecule has 5 aromatic rings. The fourth-order valence-electron chi connectivity index (χ4n) is 4.02. The first-order valence-corrected chi connectivity index (χ1v) is 41.2. The van der Waals surface area contributed by atoms with Crippen LogP contribution in [0.15, 0.2) is 56.2 Å². The maximum absolute atomic E-state index is 12.0. The summed E-state index contributed by atoms with van der Waals surface area (Å²) in [5.74, 6) is 0.0793. The van der Waals surface area contributed by atoms with Crippen molar-refractivity contribution in [3.63, 3.8) is 0 Å². The number of hydrogen-bond acceptors (Lipinski definition) is 26. The fourth-order valence-corrected chi connectivity index (χ4v) is 12.6. The van der Waals surface area contributed by atoms with Crippen molar-refractivity contribution >= 4 is 237 Å². The maximum atomic E-state index is 12.0. The molecule has 476 valence electrons. The van der Waals surface area contributed by atoms with Crippen molar-refractivity contribution in [2.24, 2.45) is 15.3 Å². The van der Waals surface area contributed by atoms with Crippen LogP contribution in [0.1, 0.15) is 153 Å². The molecule has 5 aromatic heterocycles. The SMILES string of the molecule is C1CCOC1.CC(C)(C)S(N)=O.CCC(=N[S@](=O)C(C)(C)C)c1cnc(S(C)(=O)=O)s1.CCC(=O)c1cnc(Br)s1.CCC(=O)c1cnc(S(C)(=O)=O)s1.CC[C@H](N)c1cnc(S(C)(=O)=O)s1.C[S-](=O)=O.Cl.O=Cc1cnc(Br)s1.[Cu+][I].[Na]. The van der Waals surface area contributed by atoms with Crippen molar-refractivity contribution in [1.29, 1.82) is 0 Å². The Morgan fingerprint density at radius 3 is 1.34 bits per heavy atom. The maximum Gasteiger partial charge on any atom is 0 e. The molecule has 1 fully saturated rings. The Balaban J connectivity index is -0.000000287. The van der Waals surface area contributed by atoms with Crippen molar-refractivity contribution in [2.75, 3.05) is 38.2 Å². The van der Waals surface area contributed by atoms with E-state index in [2.05, 4.69) is 73.9 Å². The van der Waals surface area contributed by atoms with E-state index in [0.29, 0.717) is 39.6 Å². The summed E-state index contributed by atoms with van der Waals surface area (Å²) in [6.45, 7) is 20.4. The van der Waals surface area contributed by atoms with Crippen LogP contribution in [-0.2, 0) is 88.1 Å². The fraction of sp³-hybridized carbons (Fsp3) is 0.568. The first-order chi connectivity index (χ1) is 37.2. The Hall–Kier alpha value is 0.309. The Labute approximate surface area is 580 Å². The standard InChI is InChI=1S/C11H18N2O3S3.C7H12N2O2S2.C7H9NO3S2.C6H6BrNOS.C4H2BrNOS.C4H11NOS.C4H8O.CH3O2S.ClH.Cu.HI.Na/c1-6-8(13-18(14)11(2,3)4)9-7-12-10(17-9)19(5,15)16;1-3-5(8)6-4-9-7(12-6)13(2,10)11;1-3-5(9)6-4-8-7(12-6)13(2,10)11;1-2-4(9)5-3-8-6(7)10-5;5-4-6-1-3(2-7)8-4;1-4(2,3)7(5)6;1-2-4-5-3-1;1-4(2)3;;;;/h7H,6H2,1-5H3;4-5H,3,8H2,1-2H3;4H,3H2,1-2H3;3H,2H2,1H3;1-2H;5H2,1-3H3;1-4H2;1H3;1H;;1H;/q;;;;;;;-1;;+2;;/p-1/t18-;5-;;;;;;;;;;/m10........../s1. The van der Waals surface area contributed by atoms with Gasteiger partial charge < -0.3 is 18.9 Å². The Kier molecular flexibility index (Phi) is 52.4. The molecule has 6 heterocycles. The monoisotopic (exact) mass is 1690 g/mol. The van der Waals surface area contributed by atoms with Gasteiger partial charge in [0.25, 0.3) is 0 Å². The average molecular weight is 1700 g/mol. The molecular formula is C44H70Br2ClCuIN8NaO14S11. The topological polar surface area (TPSA) is 360 Å². The number of sulfone groups is 3. The first kappa shape index (κ1) is 92.0. The number of aromatic nitrogens is 5. The van der Waals surface area contributed by atoms with Crippen LogP contribution in [-0.4, -0.2) is 159 Å². The van der Waals surface area contributed by atoms with Gasteiger partial charge in [-0.05, 0) is 99.1 Å². The van der Waals surface area contributed by atoms with E-state index in [1.807, 2.05) is 62.3 Å². The summed E-state index contributed by atoms with van der Waals surface area (Å²) in [4.78, 5) is 54.4. The number of rotatable bonds is 13. The zero-order chi connectivity index (χ0) is 63.7. The number of ketones is 2. The minimum absolute atomic E-state index is 0. The Bertz CT molecular complexity index is 3180. The van der Waals surface area contributed by atoms with E-state index in [1.165, 1.54) is 60.3 Å². The summed E-state index contributed by atoms with van der Waals surface area (Å²) >= 11 is 18.0. The molecule has 0 bridgehead atoms. The number of hydrogen-bond donors (Lipinski definition) is 2. The van der Waals surface area contributed by atoms with Gasteiger partial charge in [-0.2, -0.15) is 4.40 Å². The van der Waals surface area contributed by atoms with Gasteiger partial charge in [-0.25, -0.2) is 58.6 Å². The number of carbonyl (C=O) groups is 3. The van der Waals surface area contributed by atoms with E-state index in [-0.39, 0.29) is 77.3 Å². The van der Waals surface area contributed by atoms with Gasteiger partial charge in [0.15, 0.2) is 25.7 Å². The summed E-state index contributed by atoms with van der Waals surface area (Å²) in [7, 11) is -14.2. The molecule has 1 radical (unpaired) electrons. The molecule has 1 aliphatic rings. The van der Waals surface area contributed by atoms with Crippen molar-refractivity contribution < 1.29 is 74.0 Å². The van der Waals surface area contributed by atoms with Gasteiger partial charge in [-0.15, -0.1) is 57.8 Å². The van der Waals surface area contributed by atoms with Crippen LogP contribution >= 0.6 is 121 Å². The van der Waals surface area contributed by atoms with E-state index in [9.17, 15) is 48.1 Å². The smallest absolute Gasteiger partial charge is 0 e. The van der Waals surface area contributed by atoms with Gasteiger partial charge >= 0.3 is 33.1 Å². The van der Waals surface area contributed by atoms with Crippen molar-refractivity contribution in [1.82, 2.24) is 24.9 Å². The van der Waals surface area contributed by atoms with Crippen molar-refractivity contribution in [3.05, 3.63) is 63.2 Å². The van der Waals surface area contributed by atoms with Crippen molar-refractivity contribution in [2.45, 2.75) is 136 Å². The Morgan fingerprint density at radius 2 is 1.07 bits per heavy atom. The summed E-state index contributed by atoms with van der Waals surface area (Å²) in [5, 5.41) is 5.04. The number of carbonyl (C=O) groups excluding carboxylic acids is 3. The van der Waals surface area contributed by atoms with Gasteiger partial charge in [0.1, 0.15) is 11.0 Å². The normalized spacial score (nSPS) is 13.0. The van der Waals surface area contributed by atoms with E-state index in [4.69, 9.17) is 24.0 Å². The molecule has 83 heavy (non-hydrogen) atoms. The molecule has 4 N–H and O–H groups in total. The van der Waals surface area contributed by atoms with E-state index >= 15 is 0 Å². The predicted molar refractivity (Wildman–Crippen MR) is 356 cm³/mol. The number of halogens is 4. The van der Waals surface area contributed by atoms with Crippen LogP contribution in [0, 0.1) is 0 Å². The second kappa shape index (κ2) is 47.3. The molecule has 6 rings (SSSR count). The number of thiazole rings is 5. The number of ether oxygens (including phenoxy) is 1. The summed E-state index contributed by atoms with van der Waals surface area (Å²) < 4.78 is 117. The zero-order valence-corrected chi connectivity index (χ0v) is 66.2. The minimum atomic E-state index is -3.30. The Morgan fingerprint density at radius 1 is 0.711 bits per heavy atom. The van der Waals surface area contributed by atoms with Crippen LogP contribution in [0.3, 0.4) is 0 Å². The summed E-state index contributed by atoms with van der Waals surface area (Å²) in [6, 6.07) is -0.104. The van der Waals surface area contributed by atoms with Gasteiger partial charge in [-0.3, -0.25) is 19.5 Å². The molecule has 0 amide bonds. The minimum Gasteiger partial charge on any atom is 0 e. The van der Waals surface area contributed by atoms with Crippen LogP contribution in [0.4, 0.5) is 0 Å². The van der Waals surface area contributed by atoms with Crippen LogP contribution in [0.2, 0.25) is 0 Å². The third kappa shape index (κ3) is 43.6. The van der Waals surface area contributed by atoms with Crippen LogP contribution < -0.4 is 10.9 Å². The van der Waals surface area contributed by atoms with Gasteiger partial charge in [0, 0.05) is 104 Å². The number of Topliss-reactive ketones (excluding diaryl/α,β-unsaturated/α-hetero) is 2. The second-order valence-electron chi connectivity index (χ2n) is 17.4. The quantitative estimate of drug-likeness (QED) is 0.0276. The molecule has 1 unspecified atom stereocenters. The van der Waals surface area contributed by atoms with E-state index in [0.717, 1.165) is 103 Å². The molecule has 22 nitrogen and oxygen atoms in total. The second-order valence-corrected chi connectivity index (χ2v) is 36.3. The molecular weight excluding hydrogens is 1630 g/mol. The van der Waals surface area contributed by atoms with Gasteiger partial charge in [-0.1, -0.05) is 56.0 Å². The van der Waals surface area contributed by atoms with Crippen molar-refractivity contribution in [3.8, 4) is 0 Å². The molecule has 1 aliphatic heterocycles. The van der Waals surface area contributed by atoms with E-state index in [1.54, 1.807) is 33.5 Å². The molecule has 3 atom stereocenters. The predicted octanol–water partition coefficient (Wildman–Crippen LogP) is 10.6. The summed E-state index contributed by atoms with van der Waals surface area (Å²) in [6.07, 6.45) is 17.5. The zero-order valence-electron chi connectivity index (χ0n) is 48.1. The molecule has 1 saturated heterocycles. The van der Waals surface area contributed by atoms with Crippen LogP contribution in [0.25, 0.3) is 0 Å². The van der Waals surface area contributed by atoms with E-state index < -0.39 is 66.9 Å². The third-order valence-corrected chi connectivity index (χ3v) is 22.1. The van der Waals surface area contributed by atoms with Gasteiger partial charge in [0.2, 0.25) is 42.5 Å². The number of nitrogens with two attached hydrogens (primary N) is 2. The van der Waals surface area contributed by atoms with Gasteiger partial charge in [0.05, 0.1) is 58.1 Å².